The van der Waals surface area contributed by atoms with Crippen LogP contribution in [0.2, 0.25) is 0 Å². The van der Waals surface area contributed by atoms with Crippen LogP contribution in [-0.4, -0.2) is 56.0 Å². The zero-order valence-electron chi connectivity index (χ0n) is 21.5. The molecule has 2 atom stereocenters. The predicted molar refractivity (Wildman–Crippen MR) is 135 cm³/mol. The van der Waals surface area contributed by atoms with E-state index in [9.17, 15) is 18.0 Å². The number of aryl methyl sites for hydroxylation is 2. The average molecular weight is 528 g/mol. The van der Waals surface area contributed by atoms with Crippen LogP contribution in [0, 0.1) is 19.8 Å². The van der Waals surface area contributed by atoms with E-state index in [1.165, 1.54) is 6.20 Å². The molecule has 0 aromatic carbocycles. The van der Waals surface area contributed by atoms with Crippen molar-refractivity contribution in [2.45, 2.75) is 51.7 Å². The molecule has 0 radical (unpaired) electrons. The zero-order chi connectivity index (χ0) is 27.2. The van der Waals surface area contributed by atoms with Gasteiger partial charge in [-0.1, -0.05) is 11.6 Å². The number of anilines is 1. The molecule has 200 valence electrons. The molecule has 12 heteroatoms. The molecule has 5 rings (SSSR count). The predicted octanol–water partition coefficient (Wildman–Crippen LogP) is 5.37. The van der Waals surface area contributed by atoms with Gasteiger partial charge >= 0.3 is 6.18 Å². The van der Waals surface area contributed by atoms with Crippen molar-refractivity contribution in [2.75, 3.05) is 19.4 Å². The van der Waals surface area contributed by atoms with Crippen molar-refractivity contribution in [1.82, 2.24) is 30.0 Å². The fourth-order valence-corrected chi connectivity index (χ4v) is 5.15. The number of hydrogen-bond donors (Lipinski definition) is 2. The van der Waals surface area contributed by atoms with Gasteiger partial charge in [0.1, 0.15) is 17.0 Å². The van der Waals surface area contributed by atoms with Gasteiger partial charge in [-0.05, 0) is 45.2 Å². The topological polar surface area (TPSA) is 113 Å². The summed E-state index contributed by atoms with van der Waals surface area (Å²) in [6.45, 7) is 3.57. The Morgan fingerprint density at radius 1 is 1.18 bits per heavy atom. The maximum Gasteiger partial charge on any atom is 0.419 e. The highest BCUT2D eigenvalue weighted by Gasteiger charge is 2.36. The molecule has 1 aliphatic rings. The summed E-state index contributed by atoms with van der Waals surface area (Å²) in [7, 11) is 3.44. The Kier molecular flexibility index (Phi) is 6.58. The number of fused-ring (bicyclic) bond motifs is 1. The van der Waals surface area contributed by atoms with Gasteiger partial charge in [0.2, 0.25) is 11.9 Å². The van der Waals surface area contributed by atoms with Crippen molar-refractivity contribution in [3.63, 3.8) is 0 Å². The molecular weight excluding hydrogens is 499 g/mol. The number of aromatic amines is 1. The van der Waals surface area contributed by atoms with Gasteiger partial charge in [0.25, 0.3) is 0 Å². The summed E-state index contributed by atoms with van der Waals surface area (Å²) in [5.41, 5.74) is 1.50. The Hall–Kier alpha value is -3.96. The van der Waals surface area contributed by atoms with Crippen LogP contribution in [0.15, 0.2) is 29.0 Å². The van der Waals surface area contributed by atoms with Gasteiger partial charge in [-0.3, -0.25) is 4.79 Å². The second-order valence-electron chi connectivity index (χ2n) is 9.89. The molecular formula is C26H28F3N7O2. The number of hydrogen-bond acceptors (Lipinski definition) is 7. The molecule has 0 aliphatic heterocycles. The van der Waals surface area contributed by atoms with Crippen molar-refractivity contribution in [3.8, 4) is 22.5 Å². The number of amides is 1. The monoisotopic (exact) mass is 527 g/mol. The lowest BCUT2D eigenvalue weighted by Crippen LogP contribution is -2.37. The van der Waals surface area contributed by atoms with Crippen LogP contribution in [0.5, 0.6) is 0 Å². The molecule has 9 nitrogen and oxygen atoms in total. The third kappa shape index (κ3) is 4.82. The first-order chi connectivity index (χ1) is 18.0. The number of alkyl halides is 3. The lowest BCUT2D eigenvalue weighted by Gasteiger charge is -2.30. The molecule has 1 aliphatic carbocycles. The quantitative estimate of drug-likeness (QED) is 0.359. The lowest BCUT2D eigenvalue weighted by molar-refractivity contribution is -0.137. The van der Waals surface area contributed by atoms with Crippen LogP contribution < -0.4 is 5.32 Å². The number of pyridine rings is 1. The van der Waals surface area contributed by atoms with Crippen LogP contribution in [0.1, 0.15) is 42.7 Å². The van der Waals surface area contributed by atoms with Crippen molar-refractivity contribution in [3.05, 3.63) is 41.5 Å². The number of nitrogens with one attached hydrogen (secondary N) is 2. The summed E-state index contributed by atoms with van der Waals surface area (Å²) < 4.78 is 47.2. The minimum atomic E-state index is -4.66. The lowest BCUT2D eigenvalue weighted by atomic mass is 9.85. The maximum atomic E-state index is 14.0. The Morgan fingerprint density at radius 3 is 2.66 bits per heavy atom. The highest BCUT2D eigenvalue weighted by atomic mass is 19.4. The number of carbonyl (C=O) groups excluding carboxylic acids is 1. The molecule has 1 fully saturated rings. The first-order valence-electron chi connectivity index (χ1n) is 12.4. The van der Waals surface area contributed by atoms with Gasteiger partial charge < -0.3 is 19.7 Å². The van der Waals surface area contributed by atoms with Gasteiger partial charge in [0, 0.05) is 49.4 Å². The van der Waals surface area contributed by atoms with Gasteiger partial charge in [-0.2, -0.15) is 13.2 Å². The standard InChI is InChI=1S/C26H28F3N7O2/c1-13-21(14(2)38-35-13)20-9-8-17-18(11-30-23(17)33-20)22-19(26(27,28)29)12-31-25(34-22)32-16-7-5-6-15(10-16)24(37)36(3)4/h8-9,11-12,15-16H,5-7,10H2,1-4H3,(H,30,33)(H,31,32,34)/t15-,16+/m0/s1. The van der Waals surface area contributed by atoms with E-state index in [0.717, 1.165) is 31.0 Å². The normalized spacial score (nSPS) is 18.1. The zero-order valence-corrected chi connectivity index (χ0v) is 21.5. The van der Waals surface area contributed by atoms with E-state index in [4.69, 9.17) is 4.52 Å². The van der Waals surface area contributed by atoms with Crippen molar-refractivity contribution in [2.24, 2.45) is 5.92 Å². The van der Waals surface area contributed by atoms with E-state index in [2.05, 4.69) is 30.4 Å². The molecule has 1 amide bonds. The number of nitrogens with zero attached hydrogens (tertiary/aromatic N) is 5. The summed E-state index contributed by atoms with van der Waals surface area (Å²) in [6.07, 6.45) is 0.582. The highest BCUT2D eigenvalue weighted by Crippen LogP contribution is 2.39. The van der Waals surface area contributed by atoms with Crippen molar-refractivity contribution < 1.29 is 22.5 Å². The van der Waals surface area contributed by atoms with Crippen molar-refractivity contribution >= 4 is 22.9 Å². The van der Waals surface area contributed by atoms with E-state index < -0.39 is 11.7 Å². The van der Waals surface area contributed by atoms with Gasteiger partial charge in [0.05, 0.1) is 22.6 Å². The molecule has 4 aromatic rings. The smallest absolute Gasteiger partial charge is 0.361 e. The SMILES string of the molecule is Cc1noc(C)c1-c1ccc2c(-c3nc(N[C@@H]4CCC[C@H](C(=O)N(C)C)C4)ncc3C(F)(F)F)c[nH]c2n1. The third-order valence-electron chi connectivity index (χ3n) is 6.97. The van der Waals surface area contributed by atoms with E-state index in [0.29, 0.717) is 34.6 Å². The molecule has 2 N–H and O–H groups in total. The summed E-state index contributed by atoms with van der Waals surface area (Å²) in [5.74, 6) is 0.597. The maximum absolute atomic E-state index is 14.0. The first-order valence-corrected chi connectivity index (χ1v) is 12.4. The summed E-state index contributed by atoms with van der Waals surface area (Å²) >= 11 is 0. The van der Waals surface area contributed by atoms with E-state index in [1.54, 1.807) is 45.0 Å². The van der Waals surface area contributed by atoms with Crippen LogP contribution in [0.4, 0.5) is 19.1 Å². The molecule has 1 saturated carbocycles. The summed E-state index contributed by atoms with van der Waals surface area (Å²) in [5, 5.41) is 7.61. The number of H-pyrrole nitrogens is 1. The second-order valence-corrected chi connectivity index (χ2v) is 9.89. The fraction of sp³-hybridized carbons (Fsp3) is 0.423. The number of rotatable bonds is 5. The van der Waals surface area contributed by atoms with E-state index in [-0.39, 0.29) is 35.1 Å². The average Bonchev–Trinajstić information content (AvgIpc) is 3.44. The Labute approximate surface area is 216 Å². The van der Waals surface area contributed by atoms with Crippen LogP contribution in [0.25, 0.3) is 33.5 Å². The minimum Gasteiger partial charge on any atom is -0.361 e. The molecule has 0 unspecified atom stereocenters. The van der Waals surface area contributed by atoms with Gasteiger partial charge in [-0.25, -0.2) is 15.0 Å². The molecule has 0 spiro atoms. The third-order valence-corrected chi connectivity index (χ3v) is 6.97. The second kappa shape index (κ2) is 9.73. The number of halogens is 3. The molecule has 4 aromatic heterocycles. The Balaban J connectivity index is 1.50. The van der Waals surface area contributed by atoms with Gasteiger partial charge in [0.15, 0.2) is 0 Å². The molecule has 4 heterocycles. The van der Waals surface area contributed by atoms with E-state index in [1.807, 2.05) is 0 Å². The largest absolute Gasteiger partial charge is 0.419 e. The summed E-state index contributed by atoms with van der Waals surface area (Å²) in [4.78, 5) is 29.9. The highest BCUT2D eigenvalue weighted by molar-refractivity contribution is 5.94. The molecule has 0 saturated heterocycles. The first kappa shape index (κ1) is 25.7. The van der Waals surface area contributed by atoms with Crippen LogP contribution in [0.3, 0.4) is 0 Å². The summed E-state index contributed by atoms with van der Waals surface area (Å²) in [6, 6.07) is 3.32. The number of carbonyl (C=O) groups is 1. The van der Waals surface area contributed by atoms with Crippen molar-refractivity contribution in [1.29, 1.82) is 0 Å². The van der Waals surface area contributed by atoms with Crippen LogP contribution in [-0.2, 0) is 11.0 Å². The van der Waals surface area contributed by atoms with Crippen LogP contribution >= 0.6 is 0 Å². The fourth-order valence-electron chi connectivity index (χ4n) is 5.15. The Morgan fingerprint density at radius 2 is 1.97 bits per heavy atom. The molecule has 38 heavy (non-hydrogen) atoms. The van der Waals surface area contributed by atoms with E-state index >= 15 is 0 Å². The van der Waals surface area contributed by atoms with Gasteiger partial charge in [-0.15, -0.1) is 0 Å². The Bertz CT molecular complexity index is 1470. The molecule has 0 bridgehead atoms. The minimum absolute atomic E-state index is 0.0489. The number of aromatic nitrogens is 5.